The molecule has 2 aliphatic rings. The summed E-state index contributed by atoms with van der Waals surface area (Å²) in [5.74, 6) is 1.81. The van der Waals surface area contributed by atoms with Gasteiger partial charge in [-0.05, 0) is 63.3 Å². The van der Waals surface area contributed by atoms with E-state index in [4.69, 9.17) is 4.74 Å². The number of fused-ring (bicyclic) bond motifs is 1. The van der Waals surface area contributed by atoms with Crippen molar-refractivity contribution in [2.45, 2.75) is 64.5 Å². The molecule has 1 aliphatic heterocycles. The summed E-state index contributed by atoms with van der Waals surface area (Å²) in [7, 11) is 0. The first-order valence-electron chi connectivity index (χ1n) is 8.83. The Balaban J connectivity index is 1.53. The molecule has 1 aromatic rings. The van der Waals surface area contributed by atoms with E-state index in [2.05, 4.69) is 49.6 Å². The minimum Gasteiger partial charge on any atom is -0.484 e. The van der Waals surface area contributed by atoms with Gasteiger partial charge < -0.3 is 15.4 Å². The van der Waals surface area contributed by atoms with Gasteiger partial charge in [-0.3, -0.25) is 0 Å². The van der Waals surface area contributed by atoms with Crippen LogP contribution in [0.4, 0.5) is 5.69 Å². The van der Waals surface area contributed by atoms with Gasteiger partial charge in [0.05, 0.1) is 12.2 Å². The summed E-state index contributed by atoms with van der Waals surface area (Å²) in [5.41, 5.74) is 2.40. The van der Waals surface area contributed by atoms with Crippen LogP contribution in [0, 0.1) is 5.92 Å². The number of rotatable bonds is 4. The maximum Gasteiger partial charge on any atom is 0.143 e. The van der Waals surface area contributed by atoms with Gasteiger partial charge in [-0.1, -0.05) is 25.8 Å². The lowest BCUT2D eigenvalue weighted by Crippen LogP contribution is -2.40. The van der Waals surface area contributed by atoms with Gasteiger partial charge in [-0.2, -0.15) is 0 Å². The molecule has 2 atom stereocenters. The Morgan fingerprint density at radius 2 is 2.09 bits per heavy atom. The highest BCUT2D eigenvalue weighted by Crippen LogP contribution is 2.33. The maximum atomic E-state index is 6.01. The molecule has 1 fully saturated rings. The Labute approximate surface area is 134 Å². The van der Waals surface area contributed by atoms with Crippen molar-refractivity contribution < 1.29 is 4.74 Å². The average molecular weight is 302 g/mol. The number of ether oxygens (including phenoxy) is 1. The third-order valence-corrected chi connectivity index (χ3v) is 5.07. The van der Waals surface area contributed by atoms with Crippen LogP contribution in [0.25, 0.3) is 0 Å². The molecular weight excluding hydrogens is 272 g/mol. The first-order valence-corrected chi connectivity index (χ1v) is 8.83. The first kappa shape index (κ1) is 15.7. The highest BCUT2D eigenvalue weighted by molar-refractivity contribution is 5.60. The van der Waals surface area contributed by atoms with E-state index in [1.54, 1.807) is 0 Å². The molecule has 0 radical (unpaired) electrons. The second-order valence-electron chi connectivity index (χ2n) is 7.62. The molecule has 0 bridgehead atoms. The summed E-state index contributed by atoms with van der Waals surface area (Å²) >= 11 is 0. The van der Waals surface area contributed by atoms with Gasteiger partial charge >= 0.3 is 0 Å². The van der Waals surface area contributed by atoms with Gasteiger partial charge in [0.25, 0.3) is 0 Å². The molecule has 1 aromatic carbocycles. The third-order valence-electron chi connectivity index (χ3n) is 5.07. The quantitative estimate of drug-likeness (QED) is 0.882. The van der Waals surface area contributed by atoms with Crippen molar-refractivity contribution in [1.82, 2.24) is 5.32 Å². The van der Waals surface area contributed by atoms with E-state index >= 15 is 0 Å². The first-order chi connectivity index (χ1) is 10.5. The second kappa shape index (κ2) is 6.49. The number of anilines is 1. The van der Waals surface area contributed by atoms with Gasteiger partial charge in [0.1, 0.15) is 11.4 Å². The Morgan fingerprint density at radius 1 is 1.27 bits per heavy atom. The third kappa shape index (κ3) is 3.75. The molecule has 3 rings (SSSR count). The Morgan fingerprint density at radius 3 is 2.91 bits per heavy atom. The minimum absolute atomic E-state index is 0.118. The van der Waals surface area contributed by atoms with Crippen LogP contribution in [0.1, 0.15) is 52.0 Å². The van der Waals surface area contributed by atoms with Crippen molar-refractivity contribution in [3.63, 3.8) is 0 Å². The summed E-state index contributed by atoms with van der Waals surface area (Å²) in [6.07, 6.45) is 6.61. The smallest absolute Gasteiger partial charge is 0.143 e. The van der Waals surface area contributed by atoms with E-state index in [9.17, 15) is 0 Å². The molecule has 2 unspecified atom stereocenters. The predicted molar refractivity (Wildman–Crippen MR) is 92.8 cm³/mol. The molecular formula is C19H30N2O. The van der Waals surface area contributed by atoms with Crippen LogP contribution in [0.2, 0.25) is 0 Å². The molecule has 0 amide bonds. The van der Waals surface area contributed by atoms with Crippen molar-refractivity contribution in [1.29, 1.82) is 0 Å². The maximum absolute atomic E-state index is 6.01. The zero-order valence-electron chi connectivity index (χ0n) is 14.2. The average Bonchev–Trinajstić information content (AvgIpc) is 2.49. The van der Waals surface area contributed by atoms with Crippen LogP contribution in [-0.2, 0) is 6.42 Å². The van der Waals surface area contributed by atoms with Gasteiger partial charge in [0.15, 0.2) is 0 Å². The van der Waals surface area contributed by atoms with Crippen molar-refractivity contribution in [2.75, 3.05) is 18.4 Å². The lowest BCUT2D eigenvalue weighted by Gasteiger charge is -2.33. The van der Waals surface area contributed by atoms with Crippen LogP contribution >= 0.6 is 0 Å². The second-order valence-corrected chi connectivity index (χ2v) is 7.62. The fourth-order valence-corrected chi connectivity index (χ4v) is 3.62. The van der Waals surface area contributed by atoms with Crippen LogP contribution < -0.4 is 15.4 Å². The lowest BCUT2D eigenvalue weighted by atomic mass is 9.86. The zero-order chi connectivity index (χ0) is 15.6. The number of hydrogen-bond donors (Lipinski definition) is 2. The SMILES string of the molecule is CC1CCCCC1NCCc1ccc2c(c1)NCC(C)(C)O2. The van der Waals surface area contributed by atoms with Gasteiger partial charge in [-0.25, -0.2) is 0 Å². The summed E-state index contributed by atoms with van der Waals surface area (Å²) < 4.78 is 6.01. The van der Waals surface area contributed by atoms with E-state index in [1.165, 1.54) is 31.2 Å². The molecule has 0 aromatic heterocycles. The topological polar surface area (TPSA) is 33.3 Å². The molecule has 2 N–H and O–H groups in total. The van der Waals surface area contributed by atoms with Crippen LogP contribution in [0.5, 0.6) is 5.75 Å². The summed E-state index contributed by atoms with van der Waals surface area (Å²) in [4.78, 5) is 0. The molecule has 3 heteroatoms. The normalized spacial score (nSPS) is 26.7. The van der Waals surface area contributed by atoms with E-state index in [-0.39, 0.29) is 5.60 Å². The number of nitrogens with one attached hydrogen (secondary N) is 2. The largest absolute Gasteiger partial charge is 0.484 e. The molecule has 1 saturated carbocycles. The van der Waals surface area contributed by atoms with E-state index in [0.717, 1.165) is 36.9 Å². The van der Waals surface area contributed by atoms with Gasteiger partial charge in [-0.15, -0.1) is 0 Å². The number of benzene rings is 1. The van der Waals surface area contributed by atoms with Gasteiger partial charge in [0, 0.05) is 6.04 Å². The summed E-state index contributed by atoms with van der Waals surface area (Å²) in [6.45, 7) is 8.55. The van der Waals surface area contributed by atoms with E-state index < -0.39 is 0 Å². The highest BCUT2D eigenvalue weighted by Gasteiger charge is 2.26. The minimum atomic E-state index is -0.118. The van der Waals surface area contributed by atoms with Crippen molar-refractivity contribution in [2.24, 2.45) is 5.92 Å². The zero-order valence-corrected chi connectivity index (χ0v) is 14.2. The summed E-state index contributed by atoms with van der Waals surface area (Å²) in [5, 5.41) is 7.26. The van der Waals surface area contributed by atoms with Crippen LogP contribution in [0.3, 0.4) is 0 Å². The molecule has 22 heavy (non-hydrogen) atoms. The lowest BCUT2D eigenvalue weighted by molar-refractivity contribution is 0.116. The molecule has 122 valence electrons. The fourth-order valence-electron chi connectivity index (χ4n) is 3.62. The monoisotopic (exact) mass is 302 g/mol. The van der Waals surface area contributed by atoms with E-state index in [1.807, 2.05) is 0 Å². The molecule has 0 spiro atoms. The number of hydrogen-bond acceptors (Lipinski definition) is 3. The molecule has 1 heterocycles. The van der Waals surface area contributed by atoms with Gasteiger partial charge in [0.2, 0.25) is 0 Å². The predicted octanol–water partition coefficient (Wildman–Crippen LogP) is 3.98. The van der Waals surface area contributed by atoms with Crippen LogP contribution in [0.15, 0.2) is 18.2 Å². The van der Waals surface area contributed by atoms with Crippen molar-refractivity contribution in [3.8, 4) is 5.75 Å². The fraction of sp³-hybridized carbons (Fsp3) is 0.684. The Kier molecular flexibility index (Phi) is 4.62. The Bertz CT molecular complexity index is 512. The standard InChI is InChI=1S/C19H30N2O/c1-14-6-4-5-7-16(14)20-11-10-15-8-9-18-17(12-15)21-13-19(2,3)22-18/h8-9,12,14,16,20-21H,4-7,10-11,13H2,1-3H3. The van der Waals surface area contributed by atoms with Crippen molar-refractivity contribution in [3.05, 3.63) is 23.8 Å². The van der Waals surface area contributed by atoms with E-state index in [0.29, 0.717) is 6.04 Å². The van der Waals surface area contributed by atoms with Crippen molar-refractivity contribution >= 4 is 5.69 Å². The molecule has 0 saturated heterocycles. The van der Waals surface area contributed by atoms with Crippen LogP contribution in [-0.4, -0.2) is 24.7 Å². The molecule has 3 nitrogen and oxygen atoms in total. The summed E-state index contributed by atoms with van der Waals surface area (Å²) in [6, 6.07) is 7.28. The Hall–Kier alpha value is -1.22. The molecule has 1 aliphatic carbocycles. The highest BCUT2D eigenvalue weighted by atomic mass is 16.5.